The molecule has 1 aliphatic heterocycles. The normalized spacial score (nSPS) is 22.1. The van der Waals surface area contributed by atoms with Gasteiger partial charge in [0.15, 0.2) is 0 Å². The first-order valence-corrected chi connectivity index (χ1v) is 10.3. The van der Waals surface area contributed by atoms with Crippen LogP contribution in [0.25, 0.3) is 0 Å². The number of carbonyl (C=O) groups is 1. The number of ether oxygens (including phenoxy) is 1. The molecule has 6 heteroatoms. The fourth-order valence-corrected chi connectivity index (χ4v) is 4.47. The standard InChI is InChI=1S/C23H29N3O3/c1-29-18-10-8-16(9-11-18)20(26-12-4-5-13-26)15-24-23(28)25-22-19-7-3-2-6-17(19)14-21(22)27/h2-3,6-11,20-22,27H,4-5,12-15H2,1H3,(H2,24,25,28). The number of urea groups is 1. The Balaban J connectivity index is 1.41. The molecule has 3 unspecified atom stereocenters. The lowest BCUT2D eigenvalue weighted by atomic mass is 10.1. The van der Waals surface area contributed by atoms with Crippen LogP contribution in [0.4, 0.5) is 4.79 Å². The summed E-state index contributed by atoms with van der Waals surface area (Å²) in [6, 6.07) is 15.5. The Morgan fingerprint density at radius 1 is 1.17 bits per heavy atom. The van der Waals surface area contributed by atoms with E-state index in [9.17, 15) is 9.90 Å². The fourth-order valence-electron chi connectivity index (χ4n) is 4.47. The minimum absolute atomic E-state index is 0.120. The monoisotopic (exact) mass is 395 g/mol. The summed E-state index contributed by atoms with van der Waals surface area (Å²) in [5.74, 6) is 0.827. The van der Waals surface area contributed by atoms with Gasteiger partial charge in [0.1, 0.15) is 5.75 Å². The van der Waals surface area contributed by atoms with Crippen LogP contribution in [0.3, 0.4) is 0 Å². The molecule has 2 aromatic rings. The van der Waals surface area contributed by atoms with Gasteiger partial charge < -0.3 is 20.5 Å². The molecular weight excluding hydrogens is 366 g/mol. The van der Waals surface area contributed by atoms with Crippen molar-refractivity contribution < 1.29 is 14.6 Å². The van der Waals surface area contributed by atoms with Crippen LogP contribution in [0, 0.1) is 0 Å². The van der Waals surface area contributed by atoms with Crippen molar-refractivity contribution in [2.45, 2.75) is 37.5 Å². The predicted octanol–water partition coefficient (Wildman–Crippen LogP) is 2.79. The minimum atomic E-state index is -0.589. The van der Waals surface area contributed by atoms with Gasteiger partial charge in [-0.2, -0.15) is 0 Å². The number of likely N-dealkylation sites (tertiary alicyclic amines) is 1. The quantitative estimate of drug-likeness (QED) is 0.703. The summed E-state index contributed by atoms with van der Waals surface area (Å²) in [5.41, 5.74) is 3.26. The number of aliphatic hydroxyl groups excluding tert-OH is 1. The van der Waals surface area contributed by atoms with E-state index in [1.165, 1.54) is 18.4 Å². The van der Waals surface area contributed by atoms with Gasteiger partial charge in [-0.1, -0.05) is 36.4 Å². The molecular formula is C23H29N3O3. The Kier molecular flexibility index (Phi) is 6.02. The Morgan fingerprint density at radius 3 is 2.62 bits per heavy atom. The van der Waals surface area contributed by atoms with Gasteiger partial charge in [-0.15, -0.1) is 0 Å². The van der Waals surface area contributed by atoms with Crippen molar-refractivity contribution >= 4 is 6.03 Å². The highest BCUT2D eigenvalue weighted by Crippen LogP contribution is 2.31. The summed E-state index contributed by atoms with van der Waals surface area (Å²) >= 11 is 0. The highest BCUT2D eigenvalue weighted by atomic mass is 16.5. The van der Waals surface area contributed by atoms with Crippen LogP contribution in [0.2, 0.25) is 0 Å². The van der Waals surface area contributed by atoms with Crippen molar-refractivity contribution in [2.75, 3.05) is 26.7 Å². The third-order valence-corrected chi connectivity index (χ3v) is 6.03. The average Bonchev–Trinajstić information content (AvgIpc) is 3.37. The predicted molar refractivity (Wildman–Crippen MR) is 112 cm³/mol. The number of amides is 2. The maximum absolute atomic E-state index is 12.6. The van der Waals surface area contributed by atoms with Crippen molar-refractivity contribution in [1.29, 1.82) is 0 Å². The minimum Gasteiger partial charge on any atom is -0.497 e. The Bertz CT molecular complexity index is 834. The van der Waals surface area contributed by atoms with Crippen molar-refractivity contribution in [3.8, 4) is 5.75 Å². The van der Waals surface area contributed by atoms with Gasteiger partial charge in [0.2, 0.25) is 0 Å². The highest BCUT2D eigenvalue weighted by molar-refractivity contribution is 5.75. The second-order valence-corrected chi connectivity index (χ2v) is 7.83. The molecule has 1 aliphatic carbocycles. The largest absolute Gasteiger partial charge is 0.497 e. The molecule has 0 saturated carbocycles. The molecule has 0 aromatic heterocycles. The van der Waals surface area contributed by atoms with Gasteiger partial charge in [0, 0.05) is 13.0 Å². The molecule has 0 radical (unpaired) electrons. The summed E-state index contributed by atoms with van der Waals surface area (Å²) in [7, 11) is 1.66. The lowest BCUT2D eigenvalue weighted by molar-refractivity contribution is 0.141. The van der Waals surface area contributed by atoms with E-state index in [2.05, 4.69) is 27.7 Å². The molecule has 3 atom stereocenters. The van der Waals surface area contributed by atoms with E-state index in [0.29, 0.717) is 13.0 Å². The summed E-state index contributed by atoms with van der Waals surface area (Å²) < 4.78 is 5.27. The van der Waals surface area contributed by atoms with Gasteiger partial charge in [-0.05, 0) is 54.8 Å². The lowest BCUT2D eigenvalue weighted by Gasteiger charge is -2.29. The molecule has 0 bridgehead atoms. The van der Waals surface area contributed by atoms with Crippen LogP contribution in [0.1, 0.15) is 41.6 Å². The number of nitrogens with one attached hydrogen (secondary N) is 2. The topological polar surface area (TPSA) is 73.8 Å². The highest BCUT2D eigenvalue weighted by Gasteiger charge is 2.32. The number of hydrogen-bond acceptors (Lipinski definition) is 4. The Morgan fingerprint density at radius 2 is 1.90 bits per heavy atom. The van der Waals surface area contributed by atoms with Gasteiger partial charge in [0.25, 0.3) is 0 Å². The number of rotatable bonds is 6. The third kappa shape index (κ3) is 4.38. The number of aliphatic hydroxyl groups is 1. The molecule has 2 amide bonds. The van der Waals surface area contributed by atoms with E-state index in [4.69, 9.17) is 4.74 Å². The second kappa shape index (κ2) is 8.84. The number of carbonyl (C=O) groups excluding carboxylic acids is 1. The first-order valence-electron chi connectivity index (χ1n) is 10.3. The maximum atomic E-state index is 12.6. The van der Waals surface area contributed by atoms with Gasteiger partial charge in [-0.25, -0.2) is 4.79 Å². The zero-order valence-corrected chi connectivity index (χ0v) is 16.8. The van der Waals surface area contributed by atoms with Crippen LogP contribution in [-0.4, -0.2) is 48.9 Å². The molecule has 0 spiro atoms. The smallest absolute Gasteiger partial charge is 0.315 e. The van der Waals surface area contributed by atoms with Crippen LogP contribution in [-0.2, 0) is 6.42 Å². The number of benzene rings is 2. The first kappa shape index (κ1) is 19.7. The molecule has 29 heavy (non-hydrogen) atoms. The average molecular weight is 396 g/mol. The molecule has 3 N–H and O–H groups in total. The summed E-state index contributed by atoms with van der Waals surface area (Å²) in [5, 5.41) is 16.4. The SMILES string of the molecule is COc1ccc(C(CNC(=O)NC2c3ccccc3CC2O)N2CCCC2)cc1. The zero-order chi connectivity index (χ0) is 20.2. The van der Waals surface area contributed by atoms with Crippen molar-refractivity contribution in [1.82, 2.24) is 15.5 Å². The zero-order valence-electron chi connectivity index (χ0n) is 16.8. The summed E-state index contributed by atoms with van der Waals surface area (Å²) in [4.78, 5) is 15.1. The molecule has 1 fully saturated rings. The van der Waals surface area contributed by atoms with Crippen LogP contribution in [0.15, 0.2) is 48.5 Å². The summed E-state index contributed by atoms with van der Waals surface area (Å²) in [6.07, 6.45) is 2.35. The van der Waals surface area contributed by atoms with Crippen molar-refractivity contribution in [2.24, 2.45) is 0 Å². The van der Waals surface area contributed by atoms with E-state index < -0.39 is 6.10 Å². The maximum Gasteiger partial charge on any atom is 0.315 e. The van der Waals surface area contributed by atoms with Gasteiger partial charge in [0.05, 0.1) is 25.3 Å². The van der Waals surface area contributed by atoms with Gasteiger partial charge >= 0.3 is 6.03 Å². The molecule has 6 nitrogen and oxygen atoms in total. The molecule has 4 rings (SSSR count). The number of nitrogens with zero attached hydrogens (tertiary/aromatic N) is 1. The lowest BCUT2D eigenvalue weighted by Crippen LogP contribution is -2.44. The number of hydrogen-bond donors (Lipinski definition) is 3. The van der Waals surface area contributed by atoms with Crippen LogP contribution < -0.4 is 15.4 Å². The second-order valence-electron chi connectivity index (χ2n) is 7.83. The Hall–Kier alpha value is -2.57. The molecule has 154 valence electrons. The van der Waals surface area contributed by atoms with E-state index in [-0.39, 0.29) is 18.1 Å². The molecule has 1 heterocycles. The number of methoxy groups -OCH3 is 1. The molecule has 2 aromatic carbocycles. The van der Waals surface area contributed by atoms with E-state index in [0.717, 1.165) is 30.0 Å². The summed E-state index contributed by atoms with van der Waals surface area (Å²) in [6.45, 7) is 2.59. The van der Waals surface area contributed by atoms with Crippen molar-refractivity contribution in [3.05, 3.63) is 65.2 Å². The third-order valence-electron chi connectivity index (χ3n) is 6.03. The van der Waals surface area contributed by atoms with Crippen molar-refractivity contribution in [3.63, 3.8) is 0 Å². The van der Waals surface area contributed by atoms with Crippen LogP contribution >= 0.6 is 0 Å². The van der Waals surface area contributed by atoms with Crippen LogP contribution in [0.5, 0.6) is 5.75 Å². The fraction of sp³-hybridized carbons (Fsp3) is 0.435. The first-order chi connectivity index (χ1) is 14.2. The molecule has 2 aliphatic rings. The number of fused-ring (bicyclic) bond motifs is 1. The van der Waals surface area contributed by atoms with Gasteiger partial charge in [-0.3, -0.25) is 4.90 Å². The van der Waals surface area contributed by atoms with E-state index in [1.54, 1.807) is 7.11 Å². The van der Waals surface area contributed by atoms with E-state index >= 15 is 0 Å². The molecule has 1 saturated heterocycles. The van der Waals surface area contributed by atoms with E-state index in [1.807, 2.05) is 36.4 Å². The Labute approximate surface area is 171 Å².